The monoisotopic (exact) mass is 370 g/mol. The molecule has 2 rings (SSSR count). The van der Waals surface area contributed by atoms with E-state index in [1.165, 1.54) is 7.11 Å². The molecule has 0 aromatic heterocycles. The maximum absolute atomic E-state index is 12.3. The summed E-state index contributed by atoms with van der Waals surface area (Å²) >= 11 is 0. The second kappa shape index (κ2) is 9.07. The van der Waals surface area contributed by atoms with Gasteiger partial charge in [-0.25, -0.2) is 0 Å². The molecule has 6 nitrogen and oxygen atoms in total. The summed E-state index contributed by atoms with van der Waals surface area (Å²) in [5.41, 5.74) is 1.08. The molecule has 2 aromatic carbocycles. The van der Waals surface area contributed by atoms with Crippen LogP contribution in [0.1, 0.15) is 36.7 Å². The van der Waals surface area contributed by atoms with Crippen molar-refractivity contribution in [3.8, 4) is 11.5 Å². The fourth-order valence-electron chi connectivity index (χ4n) is 2.39. The lowest BCUT2D eigenvalue weighted by atomic mass is 10.1. The summed E-state index contributed by atoms with van der Waals surface area (Å²) in [4.78, 5) is 24.1. The summed E-state index contributed by atoms with van der Waals surface area (Å²) in [5.74, 6) is 0.402. The van der Waals surface area contributed by atoms with E-state index in [0.29, 0.717) is 23.7 Å². The molecule has 0 saturated heterocycles. The summed E-state index contributed by atoms with van der Waals surface area (Å²) in [6.45, 7) is 5.95. The number of carbonyl (C=O) groups excluding carboxylic acids is 2. The zero-order valence-corrected chi connectivity index (χ0v) is 16.2. The Morgan fingerprint density at radius 2 is 1.70 bits per heavy atom. The van der Waals surface area contributed by atoms with Crippen LogP contribution in [-0.2, 0) is 11.4 Å². The average Bonchev–Trinajstić information content (AvgIpc) is 2.63. The first-order valence-electron chi connectivity index (χ1n) is 8.72. The molecule has 0 aliphatic heterocycles. The lowest BCUT2D eigenvalue weighted by Crippen LogP contribution is -2.45. The molecular formula is C21H26N2O4. The normalized spacial score (nSPS) is 10.8. The van der Waals surface area contributed by atoms with Crippen LogP contribution in [0.3, 0.4) is 0 Å². The highest BCUT2D eigenvalue weighted by molar-refractivity contribution is 5.97. The second-order valence-electron chi connectivity index (χ2n) is 7.12. The van der Waals surface area contributed by atoms with Gasteiger partial charge >= 0.3 is 0 Å². The van der Waals surface area contributed by atoms with E-state index in [2.05, 4.69) is 10.6 Å². The quantitative estimate of drug-likeness (QED) is 0.786. The number of carbonyl (C=O) groups is 2. The minimum Gasteiger partial charge on any atom is -0.493 e. The average molecular weight is 370 g/mol. The first-order valence-corrected chi connectivity index (χ1v) is 8.72. The summed E-state index contributed by atoms with van der Waals surface area (Å²) in [7, 11) is 1.52. The third-order valence-corrected chi connectivity index (χ3v) is 3.59. The molecule has 0 bridgehead atoms. The van der Waals surface area contributed by atoms with E-state index in [1.807, 2.05) is 51.1 Å². The predicted octanol–water partition coefficient (Wildman–Crippen LogP) is 2.92. The fraction of sp³-hybridized carbons (Fsp3) is 0.333. The van der Waals surface area contributed by atoms with Gasteiger partial charge in [-0.05, 0) is 44.5 Å². The van der Waals surface area contributed by atoms with Crippen molar-refractivity contribution in [1.82, 2.24) is 10.6 Å². The molecule has 0 aliphatic rings. The number of hydrogen-bond acceptors (Lipinski definition) is 4. The SMILES string of the molecule is COc1cc(C(=O)NCC(=O)NC(C)(C)C)ccc1OCc1ccccc1. The van der Waals surface area contributed by atoms with E-state index >= 15 is 0 Å². The zero-order chi connectivity index (χ0) is 19.9. The minimum atomic E-state index is -0.355. The second-order valence-corrected chi connectivity index (χ2v) is 7.12. The van der Waals surface area contributed by atoms with E-state index in [4.69, 9.17) is 9.47 Å². The van der Waals surface area contributed by atoms with E-state index in [0.717, 1.165) is 5.56 Å². The molecule has 0 atom stereocenters. The van der Waals surface area contributed by atoms with Gasteiger partial charge in [0.1, 0.15) is 6.61 Å². The van der Waals surface area contributed by atoms with Crippen LogP contribution >= 0.6 is 0 Å². The van der Waals surface area contributed by atoms with Crippen LogP contribution in [0.4, 0.5) is 0 Å². The Kier molecular flexibility index (Phi) is 6.82. The topological polar surface area (TPSA) is 76.7 Å². The van der Waals surface area contributed by atoms with Crippen LogP contribution in [0.15, 0.2) is 48.5 Å². The first kappa shape index (κ1) is 20.3. The Labute approximate surface area is 159 Å². The van der Waals surface area contributed by atoms with Crippen molar-refractivity contribution in [2.75, 3.05) is 13.7 Å². The summed E-state index contributed by atoms with van der Waals surface area (Å²) in [6.07, 6.45) is 0. The molecule has 0 fully saturated rings. The lowest BCUT2D eigenvalue weighted by Gasteiger charge is -2.20. The maximum Gasteiger partial charge on any atom is 0.251 e. The number of rotatable bonds is 7. The molecule has 2 N–H and O–H groups in total. The van der Waals surface area contributed by atoms with Gasteiger partial charge in [0.25, 0.3) is 5.91 Å². The van der Waals surface area contributed by atoms with Crippen LogP contribution in [0.2, 0.25) is 0 Å². The molecule has 144 valence electrons. The van der Waals surface area contributed by atoms with Crippen molar-refractivity contribution < 1.29 is 19.1 Å². The van der Waals surface area contributed by atoms with E-state index in [1.54, 1.807) is 18.2 Å². The lowest BCUT2D eigenvalue weighted by molar-refractivity contribution is -0.121. The third-order valence-electron chi connectivity index (χ3n) is 3.59. The van der Waals surface area contributed by atoms with Crippen molar-refractivity contribution in [3.63, 3.8) is 0 Å². The molecule has 0 saturated carbocycles. The van der Waals surface area contributed by atoms with Crippen molar-refractivity contribution in [2.24, 2.45) is 0 Å². The number of methoxy groups -OCH3 is 1. The number of benzene rings is 2. The standard InChI is InChI=1S/C21H26N2O4/c1-21(2,3)23-19(24)13-22-20(25)16-10-11-17(18(12-16)26-4)27-14-15-8-6-5-7-9-15/h5-12H,13-14H2,1-4H3,(H,22,25)(H,23,24). The Morgan fingerprint density at radius 3 is 2.33 bits per heavy atom. The third kappa shape index (κ3) is 6.66. The number of ether oxygens (including phenoxy) is 2. The van der Waals surface area contributed by atoms with Gasteiger partial charge in [-0.3, -0.25) is 9.59 Å². The summed E-state index contributed by atoms with van der Waals surface area (Å²) < 4.78 is 11.1. The van der Waals surface area contributed by atoms with Gasteiger partial charge in [0.05, 0.1) is 13.7 Å². The van der Waals surface area contributed by atoms with Crippen LogP contribution in [-0.4, -0.2) is 31.0 Å². The number of hydrogen-bond donors (Lipinski definition) is 2. The van der Waals surface area contributed by atoms with Gasteiger partial charge in [-0.15, -0.1) is 0 Å². The molecule has 0 unspecified atom stereocenters. The van der Waals surface area contributed by atoms with Crippen LogP contribution in [0.25, 0.3) is 0 Å². The van der Waals surface area contributed by atoms with Crippen molar-refractivity contribution >= 4 is 11.8 Å². The molecule has 0 radical (unpaired) electrons. The minimum absolute atomic E-state index is 0.0926. The fourth-order valence-corrected chi connectivity index (χ4v) is 2.39. The van der Waals surface area contributed by atoms with Crippen molar-refractivity contribution in [1.29, 1.82) is 0 Å². The Bertz CT molecular complexity index is 783. The first-order chi connectivity index (χ1) is 12.8. The Morgan fingerprint density at radius 1 is 1.00 bits per heavy atom. The van der Waals surface area contributed by atoms with Crippen molar-refractivity contribution in [2.45, 2.75) is 32.9 Å². The van der Waals surface area contributed by atoms with Gasteiger partial charge in [-0.1, -0.05) is 30.3 Å². The Balaban J connectivity index is 1.97. The molecule has 0 heterocycles. The predicted molar refractivity (Wildman–Crippen MR) is 104 cm³/mol. The maximum atomic E-state index is 12.3. The van der Waals surface area contributed by atoms with Crippen molar-refractivity contribution in [3.05, 3.63) is 59.7 Å². The van der Waals surface area contributed by atoms with Gasteiger partial charge < -0.3 is 20.1 Å². The summed E-state index contributed by atoms with van der Waals surface area (Å²) in [6, 6.07) is 14.7. The van der Waals surface area contributed by atoms with Crippen LogP contribution in [0, 0.1) is 0 Å². The zero-order valence-electron chi connectivity index (χ0n) is 16.2. The highest BCUT2D eigenvalue weighted by atomic mass is 16.5. The van der Waals surface area contributed by atoms with E-state index in [-0.39, 0.29) is 23.9 Å². The number of nitrogens with one attached hydrogen (secondary N) is 2. The molecule has 0 spiro atoms. The highest BCUT2D eigenvalue weighted by Crippen LogP contribution is 2.28. The smallest absolute Gasteiger partial charge is 0.251 e. The van der Waals surface area contributed by atoms with Crippen LogP contribution < -0.4 is 20.1 Å². The van der Waals surface area contributed by atoms with E-state index < -0.39 is 0 Å². The molecule has 27 heavy (non-hydrogen) atoms. The van der Waals surface area contributed by atoms with Gasteiger partial charge in [0, 0.05) is 11.1 Å². The van der Waals surface area contributed by atoms with Gasteiger partial charge in [0.15, 0.2) is 11.5 Å². The van der Waals surface area contributed by atoms with Crippen LogP contribution in [0.5, 0.6) is 11.5 Å². The largest absolute Gasteiger partial charge is 0.493 e. The molecular weight excluding hydrogens is 344 g/mol. The van der Waals surface area contributed by atoms with Gasteiger partial charge in [0.2, 0.25) is 5.91 Å². The summed E-state index contributed by atoms with van der Waals surface area (Å²) in [5, 5.41) is 5.39. The molecule has 0 aliphatic carbocycles. The molecule has 6 heteroatoms. The van der Waals surface area contributed by atoms with E-state index in [9.17, 15) is 9.59 Å². The molecule has 2 aromatic rings. The molecule has 2 amide bonds. The Hall–Kier alpha value is -3.02. The number of amides is 2. The van der Waals surface area contributed by atoms with Gasteiger partial charge in [-0.2, -0.15) is 0 Å². The highest BCUT2D eigenvalue weighted by Gasteiger charge is 2.16.